The maximum absolute atomic E-state index is 11.4. The molecule has 4 heteroatoms. The number of nitrogens with zero attached hydrogens (tertiary/aromatic N) is 1. The van der Waals surface area contributed by atoms with Crippen LogP contribution in [0.25, 0.3) is 0 Å². The van der Waals surface area contributed by atoms with Crippen molar-refractivity contribution in [3.8, 4) is 0 Å². The number of hydrogen-bond donors (Lipinski definition) is 0. The fraction of sp³-hybridized carbons (Fsp3) is 0.750. The Bertz CT molecular complexity index is 82.1. The molecule has 0 aromatic rings. The molecule has 0 fully saturated rings. The third-order valence-corrected chi connectivity index (χ3v) is 0.734. The minimum atomic E-state index is -1.05. The maximum Gasteiger partial charge on any atom is 0.223 e. The molecule has 0 N–H and O–H groups in total. The molecule has 48 valence electrons. The van der Waals surface area contributed by atoms with Crippen LogP contribution < -0.4 is 0 Å². The zero-order valence-electron chi connectivity index (χ0n) is 4.53. The van der Waals surface area contributed by atoms with Crippen LogP contribution in [0.3, 0.4) is 0 Å². The van der Waals surface area contributed by atoms with Crippen LogP contribution in [0.5, 0.6) is 0 Å². The number of carbonyl (C=O) groups is 1. The van der Waals surface area contributed by atoms with Gasteiger partial charge in [-0.25, -0.2) is 8.78 Å². The summed E-state index contributed by atoms with van der Waals surface area (Å²) in [5.41, 5.74) is 0. The number of rotatable bonds is 2. The van der Waals surface area contributed by atoms with E-state index in [0.29, 0.717) is 4.90 Å². The standard InChI is InChI=1S/C4H7F2NO/c1-4(8)7(2-5)3-6/h2-3H2,1H3. The smallest absolute Gasteiger partial charge is 0.223 e. The van der Waals surface area contributed by atoms with E-state index in [-0.39, 0.29) is 0 Å². The Kier molecular flexibility index (Phi) is 3.07. The van der Waals surface area contributed by atoms with Gasteiger partial charge in [0.05, 0.1) is 0 Å². The first kappa shape index (κ1) is 7.33. The Morgan fingerprint density at radius 2 is 1.88 bits per heavy atom. The minimum absolute atomic E-state index is 0.444. The fourth-order valence-corrected chi connectivity index (χ4v) is 0.200. The largest absolute Gasteiger partial charge is 0.287 e. The molecule has 0 radical (unpaired) electrons. The van der Waals surface area contributed by atoms with Crippen molar-refractivity contribution in [2.75, 3.05) is 13.6 Å². The van der Waals surface area contributed by atoms with Crippen molar-refractivity contribution >= 4 is 5.91 Å². The van der Waals surface area contributed by atoms with Crippen LogP contribution >= 0.6 is 0 Å². The van der Waals surface area contributed by atoms with Gasteiger partial charge in [-0.15, -0.1) is 0 Å². The first-order valence-corrected chi connectivity index (χ1v) is 2.09. The SMILES string of the molecule is CC(=O)N(CF)CF. The molecule has 0 aromatic heterocycles. The molecule has 0 aliphatic carbocycles. The molecule has 0 heterocycles. The molecule has 0 aliphatic rings. The van der Waals surface area contributed by atoms with Crippen molar-refractivity contribution in [2.24, 2.45) is 0 Å². The van der Waals surface area contributed by atoms with Crippen LogP contribution in [0.2, 0.25) is 0 Å². The highest BCUT2D eigenvalue weighted by molar-refractivity contribution is 5.72. The number of amides is 1. The number of carbonyl (C=O) groups excluding carboxylic acids is 1. The highest BCUT2D eigenvalue weighted by Crippen LogP contribution is 1.88. The molecule has 0 bridgehead atoms. The summed E-state index contributed by atoms with van der Waals surface area (Å²) in [4.78, 5) is 10.5. The lowest BCUT2D eigenvalue weighted by atomic mass is 10.6. The second-order valence-electron chi connectivity index (χ2n) is 1.30. The van der Waals surface area contributed by atoms with Crippen LogP contribution in [-0.4, -0.2) is 24.4 Å². The second kappa shape index (κ2) is 3.35. The molecule has 0 saturated heterocycles. The summed E-state index contributed by atoms with van der Waals surface area (Å²) in [5.74, 6) is -0.588. The predicted molar refractivity (Wildman–Crippen MR) is 24.5 cm³/mol. The number of halogens is 2. The summed E-state index contributed by atoms with van der Waals surface area (Å²) in [6, 6.07) is 0. The van der Waals surface area contributed by atoms with Crippen molar-refractivity contribution in [1.29, 1.82) is 0 Å². The van der Waals surface area contributed by atoms with E-state index in [4.69, 9.17) is 0 Å². The van der Waals surface area contributed by atoms with E-state index in [0.717, 1.165) is 6.92 Å². The fourth-order valence-electron chi connectivity index (χ4n) is 0.200. The van der Waals surface area contributed by atoms with Crippen LogP contribution in [0.15, 0.2) is 0 Å². The number of hydrogen-bond acceptors (Lipinski definition) is 1. The van der Waals surface area contributed by atoms with Gasteiger partial charge in [0, 0.05) is 6.92 Å². The lowest BCUT2D eigenvalue weighted by molar-refractivity contribution is -0.132. The van der Waals surface area contributed by atoms with Crippen molar-refractivity contribution in [3.63, 3.8) is 0 Å². The van der Waals surface area contributed by atoms with Gasteiger partial charge in [0.1, 0.15) is 0 Å². The van der Waals surface area contributed by atoms with Gasteiger partial charge < -0.3 is 0 Å². The molecular weight excluding hydrogens is 116 g/mol. The topological polar surface area (TPSA) is 20.3 Å². The molecule has 2 nitrogen and oxygen atoms in total. The summed E-state index contributed by atoms with van der Waals surface area (Å²) in [6.45, 7) is -0.989. The first-order valence-electron chi connectivity index (χ1n) is 2.09. The molecule has 1 amide bonds. The Hall–Kier alpha value is -0.670. The lowest BCUT2D eigenvalue weighted by Gasteiger charge is -2.09. The first-order chi connectivity index (χ1) is 3.72. The molecule has 0 spiro atoms. The van der Waals surface area contributed by atoms with E-state index in [9.17, 15) is 13.6 Å². The van der Waals surface area contributed by atoms with Gasteiger partial charge in [-0.1, -0.05) is 0 Å². The van der Waals surface area contributed by atoms with E-state index >= 15 is 0 Å². The van der Waals surface area contributed by atoms with E-state index < -0.39 is 19.5 Å². The molecule has 0 saturated carbocycles. The predicted octanol–water partition coefficient (Wildman–Crippen LogP) is 0.689. The summed E-state index contributed by atoms with van der Waals surface area (Å²) >= 11 is 0. The molecule has 0 aromatic carbocycles. The Balaban J connectivity index is 3.52. The van der Waals surface area contributed by atoms with Gasteiger partial charge in [0.15, 0.2) is 13.6 Å². The van der Waals surface area contributed by atoms with E-state index in [1.807, 2.05) is 0 Å². The van der Waals surface area contributed by atoms with E-state index in [2.05, 4.69) is 0 Å². The van der Waals surface area contributed by atoms with Crippen molar-refractivity contribution in [2.45, 2.75) is 6.92 Å². The monoisotopic (exact) mass is 123 g/mol. The zero-order valence-corrected chi connectivity index (χ0v) is 4.53. The van der Waals surface area contributed by atoms with Crippen LogP contribution in [0.1, 0.15) is 6.92 Å². The number of alkyl halides is 2. The van der Waals surface area contributed by atoms with Gasteiger partial charge in [-0.05, 0) is 0 Å². The van der Waals surface area contributed by atoms with Gasteiger partial charge >= 0.3 is 0 Å². The summed E-state index contributed by atoms with van der Waals surface area (Å²) in [7, 11) is 0. The average molecular weight is 123 g/mol. The third kappa shape index (κ3) is 1.86. The van der Waals surface area contributed by atoms with Gasteiger partial charge in [0.2, 0.25) is 5.91 Å². The highest BCUT2D eigenvalue weighted by Gasteiger charge is 2.04. The molecular formula is C4H7F2NO. The quantitative estimate of drug-likeness (QED) is 0.494. The van der Waals surface area contributed by atoms with Crippen LogP contribution in [0, 0.1) is 0 Å². The summed E-state index contributed by atoms with van der Waals surface area (Å²) in [6.07, 6.45) is 0. The summed E-state index contributed by atoms with van der Waals surface area (Å²) < 4.78 is 22.7. The normalized spacial score (nSPS) is 8.88. The Labute approximate surface area is 46.1 Å². The van der Waals surface area contributed by atoms with Crippen molar-refractivity contribution in [1.82, 2.24) is 4.90 Å². The van der Waals surface area contributed by atoms with Crippen LogP contribution in [0.4, 0.5) is 8.78 Å². The third-order valence-electron chi connectivity index (χ3n) is 0.734. The van der Waals surface area contributed by atoms with Crippen molar-refractivity contribution < 1.29 is 13.6 Å². The van der Waals surface area contributed by atoms with Crippen LogP contribution in [-0.2, 0) is 4.79 Å². The average Bonchev–Trinajstić information content (AvgIpc) is 1.69. The summed E-state index contributed by atoms with van der Waals surface area (Å²) in [5, 5.41) is 0. The lowest BCUT2D eigenvalue weighted by Crippen LogP contribution is -2.26. The molecule has 8 heavy (non-hydrogen) atoms. The van der Waals surface area contributed by atoms with E-state index in [1.54, 1.807) is 0 Å². The van der Waals surface area contributed by atoms with Crippen molar-refractivity contribution in [3.05, 3.63) is 0 Å². The second-order valence-corrected chi connectivity index (χ2v) is 1.30. The zero-order chi connectivity index (χ0) is 6.57. The molecule has 0 aliphatic heterocycles. The van der Waals surface area contributed by atoms with Gasteiger partial charge in [0.25, 0.3) is 0 Å². The molecule has 0 atom stereocenters. The minimum Gasteiger partial charge on any atom is -0.287 e. The maximum atomic E-state index is 11.4. The highest BCUT2D eigenvalue weighted by atomic mass is 19.1. The van der Waals surface area contributed by atoms with E-state index in [1.165, 1.54) is 0 Å². The molecule has 0 rings (SSSR count). The Morgan fingerprint density at radius 1 is 1.50 bits per heavy atom. The molecule has 0 unspecified atom stereocenters. The Morgan fingerprint density at radius 3 is 1.88 bits per heavy atom. The van der Waals surface area contributed by atoms with Gasteiger partial charge in [-0.3, -0.25) is 9.69 Å². The van der Waals surface area contributed by atoms with Gasteiger partial charge in [-0.2, -0.15) is 0 Å².